The number of amides is 2. The Morgan fingerprint density at radius 3 is 2.67 bits per heavy atom. The van der Waals surface area contributed by atoms with Crippen LogP contribution in [0.3, 0.4) is 0 Å². The summed E-state index contributed by atoms with van der Waals surface area (Å²) in [6, 6.07) is 3.64. The van der Waals surface area contributed by atoms with Gasteiger partial charge in [-0.2, -0.15) is 0 Å². The summed E-state index contributed by atoms with van der Waals surface area (Å²) in [5.74, 6) is 0.102. The number of methoxy groups -OCH3 is 2. The van der Waals surface area contributed by atoms with Crippen molar-refractivity contribution in [1.29, 1.82) is 0 Å². The van der Waals surface area contributed by atoms with E-state index in [4.69, 9.17) is 30.5 Å². The molecule has 11 heteroatoms. The van der Waals surface area contributed by atoms with Crippen LogP contribution < -0.4 is 15.0 Å². The van der Waals surface area contributed by atoms with Crippen LogP contribution in [0.2, 0.25) is 5.02 Å². The second-order valence-electron chi connectivity index (χ2n) is 10.7. The van der Waals surface area contributed by atoms with E-state index in [1.807, 2.05) is 25.1 Å². The third-order valence-corrected chi connectivity index (χ3v) is 8.18. The maximum Gasteiger partial charge on any atom is 0.409 e. The number of ether oxygens (including phenoxy) is 4. The molecule has 3 aliphatic heterocycles. The topological polar surface area (TPSA) is 130 Å². The molecule has 0 saturated carbocycles. The monoisotopic (exact) mass is 564 g/mol. The van der Waals surface area contributed by atoms with Gasteiger partial charge in [0, 0.05) is 20.6 Å². The molecule has 1 aromatic carbocycles. The number of nitrogens with zero attached hydrogens (tertiary/aromatic N) is 1. The van der Waals surface area contributed by atoms with Crippen LogP contribution in [0.1, 0.15) is 45.1 Å². The fourth-order valence-electron chi connectivity index (χ4n) is 5.30. The number of carbonyl (C=O) groups excluding carboxylic acids is 2. The van der Waals surface area contributed by atoms with Gasteiger partial charge in [-0.05, 0) is 50.8 Å². The van der Waals surface area contributed by atoms with Crippen LogP contribution in [0.5, 0.6) is 5.75 Å². The average molecular weight is 565 g/mol. The second-order valence-corrected chi connectivity index (χ2v) is 11.1. The van der Waals surface area contributed by atoms with Gasteiger partial charge in [0.15, 0.2) is 5.72 Å². The minimum atomic E-state index is -1.67. The van der Waals surface area contributed by atoms with E-state index < -0.39 is 35.7 Å². The largest absolute Gasteiger partial charge is 0.495 e. The first kappa shape index (κ1) is 29.4. The van der Waals surface area contributed by atoms with E-state index in [1.54, 1.807) is 26.1 Å². The lowest BCUT2D eigenvalue weighted by atomic mass is 9.91. The number of benzene rings is 1. The van der Waals surface area contributed by atoms with Gasteiger partial charge in [-0.3, -0.25) is 10.1 Å². The molecule has 4 rings (SSSR count). The molecule has 1 aromatic rings. The number of halogens is 1. The van der Waals surface area contributed by atoms with E-state index in [-0.39, 0.29) is 24.9 Å². The quantitative estimate of drug-likeness (QED) is 0.467. The maximum atomic E-state index is 13.2. The van der Waals surface area contributed by atoms with Gasteiger partial charge in [-0.1, -0.05) is 35.4 Å². The molecule has 0 aliphatic carbocycles. The van der Waals surface area contributed by atoms with Crippen molar-refractivity contribution in [2.75, 3.05) is 26.2 Å². The molecule has 214 valence electrons. The van der Waals surface area contributed by atoms with Crippen LogP contribution in [-0.4, -0.2) is 79.2 Å². The zero-order valence-electron chi connectivity index (χ0n) is 22.9. The molecule has 0 radical (unpaired) electrons. The zero-order chi connectivity index (χ0) is 28.5. The Bertz CT molecular complexity index is 1170. The van der Waals surface area contributed by atoms with Crippen molar-refractivity contribution in [3.8, 4) is 5.75 Å². The minimum absolute atomic E-state index is 0.104. The van der Waals surface area contributed by atoms with Crippen LogP contribution in [0.4, 0.5) is 10.5 Å². The minimum Gasteiger partial charge on any atom is -0.495 e. The number of aliphatic hydroxyl groups excluding tert-OH is 1. The lowest BCUT2D eigenvalue weighted by Crippen LogP contribution is -2.62. The Morgan fingerprint density at radius 2 is 1.97 bits per heavy atom. The molecule has 4 bridgehead atoms. The molecule has 2 amide bonds. The fourth-order valence-corrected chi connectivity index (χ4v) is 5.61. The zero-order valence-corrected chi connectivity index (χ0v) is 23.7. The molecule has 0 aromatic heterocycles. The first-order valence-corrected chi connectivity index (χ1v) is 13.3. The van der Waals surface area contributed by atoms with E-state index in [0.717, 1.165) is 11.1 Å². The molecule has 0 spiro atoms. The summed E-state index contributed by atoms with van der Waals surface area (Å²) in [4.78, 5) is 26.9. The van der Waals surface area contributed by atoms with Crippen LogP contribution in [0.25, 0.3) is 0 Å². The smallest absolute Gasteiger partial charge is 0.409 e. The van der Waals surface area contributed by atoms with Crippen molar-refractivity contribution in [2.45, 2.75) is 81.7 Å². The van der Waals surface area contributed by atoms with Gasteiger partial charge in [0.25, 0.3) is 0 Å². The molecule has 2 saturated heterocycles. The van der Waals surface area contributed by atoms with E-state index in [1.165, 1.54) is 19.1 Å². The van der Waals surface area contributed by atoms with Crippen molar-refractivity contribution in [2.24, 2.45) is 0 Å². The predicted octanol–water partition coefficient (Wildman–Crippen LogP) is 3.26. The lowest BCUT2D eigenvalue weighted by molar-refractivity contribution is -0.135. The molecule has 2 fully saturated rings. The Morgan fingerprint density at radius 1 is 1.23 bits per heavy atom. The number of hydrogen-bond acceptors (Lipinski definition) is 8. The molecular weight excluding hydrogens is 528 g/mol. The number of nitrogens with one attached hydrogen (secondary N) is 1. The van der Waals surface area contributed by atoms with Crippen LogP contribution >= 0.6 is 11.6 Å². The highest BCUT2D eigenvalue weighted by molar-refractivity contribution is 6.35. The molecular formula is C28H37ClN2O8. The van der Waals surface area contributed by atoms with Gasteiger partial charge in [0.2, 0.25) is 5.91 Å². The SMILES string of the molecule is COc1cc2cc(c1Cl)N(C)C(=O)CC(O)C1(C)OC1CCC1C[C@@](O)(NC(=O)O1)C(OC)/C=C/C=C(\C)C2. The predicted molar refractivity (Wildman–Crippen MR) is 145 cm³/mol. The standard InChI is InChI=1S/C28H37ClN2O8/c1-16-7-6-8-23(37-5)28(35)15-18(38-26(34)30-28)9-10-22-27(2,39-22)21(32)14-24(33)31(3)19-12-17(11-16)13-20(36-4)25(19)29/h6-8,12-13,18,21-23,32,35H,9-11,14-15H2,1-5H3,(H,30,34)/b8-6+,16-7+/t18?,21?,22?,23?,27?,28-/m0/s1. The third kappa shape index (κ3) is 6.25. The highest BCUT2D eigenvalue weighted by atomic mass is 35.5. The second kappa shape index (κ2) is 11.5. The van der Waals surface area contributed by atoms with E-state index in [2.05, 4.69) is 5.32 Å². The highest BCUT2D eigenvalue weighted by Gasteiger charge is 2.57. The molecule has 5 unspecified atom stereocenters. The molecule has 6 atom stereocenters. The number of hydrogen-bond donors (Lipinski definition) is 3. The van der Waals surface area contributed by atoms with Gasteiger partial charge in [0.05, 0.1) is 31.4 Å². The van der Waals surface area contributed by atoms with Crippen molar-refractivity contribution >= 4 is 29.3 Å². The lowest BCUT2D eigenvalue weighted by Gasteiger charge is -2.40. The summed E-state index contributed by atoms with van der Waals surface area (Å²) in [6.07, 6.45) is 3.10. The number of alkyl carbamates (subject to hydrolysis) is 1. The first-order chi connectivity index (χ1) is 18.4. The van der Waals surface area contributed by atoms with Crippen LogP contribution in [0.15, 0.2) is 35.9 Å². The van der Waals surface area contributed by atoms with Crippen molar-refractivity contribution in [3.63, 3.8) is 0 Å². The van der Waals surface area contributed by atoms with Gasteiger partial charge >= 0.3 is 6.09 Å². The summed E-state index contributed by atoms with van der Waals surface area (Å²) in [5, 5.41) is 25.0. The summed E-state index contributed by atoms with van der Waals surface area (Å²) in [5.41, 5.74) is -0.283. The van der Waals surface area contributed by atoms with E-state index >= 15 is 0 Å². The van der Waals surface area contributed by atoms with Gasteiger partial charge in [-0.15, -0.1) is 0 Å². The molecule has 10 nitrogen and oxygen atoms in total. The third-order valence-electron chi connectivity index (χ3n) is 7.80. The van der Waals surface area contributed by atoms with E-state index in [0.29, 0.717) is 35.7 Å². The summed E-state index contributed by atoms with van der Waals surface area (Å²) >= 11 is 6.58. The maximum absolute atomic E-state index is 13.2. The molecule has 39 heavy (non-hydrogen) atoms. The summed E-state index contributed by atoms with van der Waals surface area (Å²) in [7, 11) is 4.58. The number of carbonyl (C=O) groups is 2. The number of epoxide rings is 1. The number of aliphatic hydroxyl groups is 2. The highest BCUT2D eigenvalue weighted by Crippen LogP contribution is 2.44. The van der Waals surface area contributed by atoms with E-state index in [9.17, 15) is 19.8 Å². The molecule has 3 aliphatic rings. The van der Waals surface area contributed by atoms with Crippen LogP contribution in [0, 0.1) is 0 Å². The Labute approximate surface area is 233 Å². The van der Waals surface area contributed by atoms with Crippen molar-refractivity contribution in [1.82, 2.24) is 5.32 Å². The molecule has 3 N–H and O–H groups in total. The summed E-state index contributed by atoms with van der Waals surface area (Å²) < 4.78 is 22.2. The Hall–Kier alpha value is -2.63. The number of anilines is 1. The van der Waals surface area contributed by atoms with Crippen molar-refractivity contribution < 1.29 is 38.7 Å². The number of allylic oxidation sites excluding steroid dienone is 3. The Balaban J connectivity index is 1.69. The first-order valence-electron chi connectivity index (χ1n) is 13.0. The number of fused-ring (bicyclic) bond motifs is 5. The molecule has 3 heterocycles. The summed E-state index contributed by atoms with van der Waals surface area (Å²) in [6.45, 7) is 3.70. The average Bonchev–Trinajstić information content (AvgIpc) is 3.55. The fraction of sp³-hybridized carbons (Fsp3) is 0.571. The van der Waals surface area contributed by atoms with Crippen molar-refractivity contribution in [3.05, 3.63) is 46.5 Å². The van der Waals surface area contributed by atoms with Gasteiger partial charge in [-0.25, -0.2) is 4.79 Å². The van der Waals surface area contributed by atoms with Gasteiger partial charge in [0.1, 0.15) is 28.6 Å². The van der Waals surface area contributed by atoms with Crippen LogP contribution in [-0.2, 0) is 25.4 Å². The number of rotatable bonds is 2. The Kier molecular flexibility index (Phi) is 8.63. The van der Waals surface area contributed by atoms with Gasteiger partial charge < -0.3 is 34.1 Å². The normalized spacial score (nSPS) is 36.0.